The third-order valence-electron chi connectivity index (χ3n) is 3.06. The Balaban J connectivity index is 1.87. The third kappa shape index (κ3) is 5.28. The van der Waals surface area contributed by atoms with Crippen LogP contribution in [0.4, 0.5) is 20.6 Å². The normalized spacial score (nSPS) is 9.96. The van der Waals surface area contributed by atoms with E-state index in [1.165, 1.54) is 23.1 Å². The van der Waals surface area contributed by atoms with Crippen LogP contribution in [-0.2, 0) is 4.79 Å². The number of benzene rings is 2. The van der Waals surface area contributed by atoms with Gasteiger partial charge in [0.05, 0.1) is 0 Å². The number of carbonyl (C=O) groups is 2. The molecule has 0 aliphatic carbocycles. The number of ether oxygens (including phenoxy) is 1. The summed E-state index contributed by atoms with van der Waals surface area (Å²) < 4.78 is 18.4. The van der Waals surface area contributed by atoms with Gasteiger partial charge in [-0.15, -0.1) is 0 Å². The molecule has 0 saturated heterocycles. The number of nitrogens with one attached hydrogen (secondary N) is 2. The second-order valence-corrected chi connectivity index (χ2v) is 5.19. The van der Waals surface area contributed by atoms with Gasteiger partial charge in [0.15, 0.2) is 6.61 Å². The van der Waals surface area contributed by atoms with Crippen molar-refractivity contribution >= 4 is 23.3 Å². The molecule has 2 rings (SSSR count). The van der Waals surface area contributed by atoms with Gasteiger partial charge >= 0.3 is 6.03 Å². The molecule has 24 heavy (non-hydrogen) atoms. The Morgan fingerprint density at radius 1 is 1.04 bits per heavy atom. The summed E-state index contributed by atoms with van der Waals surface area (Å²) in [5.74, 6) is -0.0606. The molecule has 2 aromatic rings. The number of urea groups is 1. The lowest BCUT2D eigenvalue weighted by molar-refractivity contribution is -0.130. The Bertz CT molecular complexity index is 717. The summed E-state index contributed by atoms with van der Waals surface area (Å²) in [7, 11) is 3.30. The first-order valence-electron chi connectivity index (χ1n) is 7.20. The first-order chi connectivity index (χ1) is 11.4. The molecule has 0 fully saturated rings. The van der Waals surface area contributed by atoms with E-state index < -0.39 is 11.8 Å². The maximum atomic E-state index is 13.1. The van der Waals surface area contributed by atoms with E-state index in [1.54, 1.807) is 44.4 Å². The maximum Gasteiger partial charge on any atom is 0.323 e. The quantitative estimate of drug-likeness (QED) is 0.885. The molecule has 0 spiro atoms. The molecule has 0 aliphatic heterocycles. The van der Waals surface area contributed by atoms with Crippen LogP contribution in [0, 0.1) is 5.82 Å². The van der Waals surface area contributed by atoms with E-state index >= 15 is 0 Å². The summed E-state index contributed by atoms with van der Waals surface area (Å²) >= 11 is 0. The van der Waals surface area contributed by atoms with E-state index in [0.29, 0.717) is 17.1 Å². The minimum atomic E-state index is -0.489. The monoisotopic (exact) mass is 331 g/mol. The number of anilines is 2. The maximum absolute atomic E-state index is 13.1. The van der Waals surface area contributed by atoms with Crippen molar-refractivity contribution in [2.45, 2.75) is 0 Å². The van der Waals surface area contributed by atoms with E-state index in [4.69, 9.17) is 4.74 Å². The molecule has 0 unspecified atom stereocenters. The van der Waals surface area contributed by atoms with Gasteiger partial charge in [-0.2, -0.15) is 0 Å². The Morgan fingerprint density at radius 3 is 2.33 bits per heavy atom. The van der Waals surface area contributed by atoms with Gasteiger partial charge in [-0.1, -0.05) is 6.07 Å². The van der Waals surface area contributed by atoms with Gasteiger partial charge in [0.2, 0.25) is 0 Å². The standard InChI is InChI=1S/C17H18FN3O3/c1-21(2)16(22)11-24-15-8-6-13(7-9-15)19-17(23)20-14-5-3-4-12(18)10-14/h3-10H,11H2,1-2H3,(H2,19,20,23). The number of hydrogen-bond donors (Lipinski definition) is 2. The first-order valence-corrected chi connectivity index (χ1v) is 7.20. The summed E-state index contributed by atoms with van der Waals surface area (Å²) in [6, 6.07) is 11.7. The number of nitrogens with zero attached hydrogens (tertiary/aromatic N) is 1. The van der Waals surface area contributed by atoms with Crippen molar-refractivity contribution in [3.63, 3.8) is 0 Å². The van der Waals surface area contributed by atoms with Crippen molar-refractivity contribution in [1.82, 2.24) is 4.90 Å². The molecule has 6 nitrogen and oxygen atoms in total. The lowest BCUT2D eigenvalue weighted by Gasteiger charge is -2.12. The van der Waals surface area contributed by atoms with Crippen molar-refractivity contribution in [3.8, 4) is 5.75 Å². The van der Waals surface area contributed by atoms with Crippen LogP contribution in [0.5, 0.6) is 5.75 Å². The average Bonchev–Trinajstić information content (AvgIpc) is 2.53. The lowest BCUT2D eigenvalue weighted by atomic mass is 10.3. The summed E-state index contributed by atoms with van der Waals surface area (Å²) in [5.41, 5.74) is 0.893. The number of rotatable bonds is 5. The Labute approximate surface area is 139 Å². The lowest BCUT2D eigenvalue weighted by Crippen LogP contribution is -2.27. The van der Waals surface area contributed by atoms with Crippen LogP contribution in [0.15, 0.2) is 48.5 Å². The second kappa shape index (κ2) is 7.96. The van der Waals surface area contributed by atoms with Crippen molar-refractivity contribution in [2.75, 3.05) is 31.3 Å². The highest BCUT2D eigenvalue weighted by Crippen LogP contribution is 2.16. The zero-order valence-corrected chi connectivity index (χ0v) is 13.4. The van der Waals surface area contributed by atoms with Gasteiger partial charge in [-0.25, -0.2) is 9.18 Å². The van der Waals surface area contributed by atoms with E-state index in [-0.39, 0.29) is 12.5 Å². The molecule has 2 N–H and O–H groups in total. The van der Waals surface area contributed by atoms with E-state index in [0.717, 1.165) is 0 Å². The largest absolute Gasteiger partial charge is 0.484 e. The van der Waals surface area contributed by atoms with Crippen molar-refractivity contribution in [3.05, 3.63) is 54.3 Å². The van der Waals surface area contributed by atoms with Crippen LogP contribution < -0.4 is 15.4 Å². The van der Waals surface area contributed by atoms with Gasteiger partial charge in [-0.05, 0) is 42.5 Å². The zero-order chi connectivity index (χ0) is 17.5. The molecule has 0 heterocycles. The molecular weight excluding hydrogens is 313 g/mol. The highest BCUT2D eigenvalue weighted by Gasteiger charge is 2.06. The van der Waals surface area contributed by atoms with Crippen LogP contribution in [-0.4, -0.2) is 37.5 Å². The summed E-state index contributed by atoms with van der Waals surface area (Å²) in [6.45, 7) is -0.0557. The van der Waals surface area contributed by atoms with Gasteiger partial charge in [-0.3, -0.25) is 4.79 Å². The Kier molecular flexibility index (Phi) is 5.73. The molecule has 2 aromatic carbocycles. The van der Waals surface area contributed by atoms with Crippen molar-refractivity contribution in [1.29, 1.82) is 0 Å². The molecule has 0 aromatic heterocycles. The smallest absolute Gasteiger partial charge is 0.323 e. The molecule has 0 aliphatic rings. The topological polar surface area (TPSA) is 70.7 Å². The predicted octanol–water partition coefficient (Wildman–Crippen LogP) is 2.94. The first kappa shape index (κ1) is 17.3. The summed E-state index contributed by atoms with van der Waals surface area (Å²) in [5, 5.41) is 5.14. The molecule has 126 valence electrons. The molecule has 3 amide bonds. The van der Waals surface area contributed by atoms with Gasteiger partial charge in [0.1, 0.15) is 11.6 Å². The van der Waals surface area contributed by atoms with Gasteiger partial charge in [0.25, 0.3) is 5.91 Å². The van der Waals surface area contributed by atoms with Crippen LogP contribution in [0.25, 0.3) is 0 Å². The van der Waals surface area contributed by atoms with E-state index in [2.05, 4.69) is 10.6 Å². The van der Waals surface area contributed by atoms with Crippen LogP contribution >= 0.6 is 0 Å². The van der Waals surface area contributed by atoms with Crippen molar-refractivity contribution < 1.29 is 18.7 Å². The molecule has 0 radical (unpaired) electrons. The van der Waals surface area contributed by atoms with Crippen LogP contribution in [0.3, 0.4) is 0 Å². The number of hydrogen-bond acceptors (Lipinski definition) is 3. The molecule has 0 atom stereocenters. The fourth-order valence-corrected chi connectivity index (χ4v) is 1.77. The van der Waals surface area contributed by atoms with Gasteiger partial charge < -0.3 is 20.3 Å². The zero-order valence-electron chi connectivity index (χ0n) is 13.4. The Hall–Kier alpha value is -3.09. The summed E-state index contributed by atoms with van der Waals surface area (Å²) in [4.78, 5) is 24.7. The van der Waals surface area contributed by atoms with Crippen LogP contribution in [0.2, 0.25) is 0 Å². The Morgan fingerprint density at radius 2 is 1.71 bits per heavy atom. The number of likely N-dealkylation sites (N-methyl/N-ethyl adjacent to an activating group) is 1. The minimum absolute atomic E-state index is 0.0557. The van der Waals surface area contributed by atoms with Crippen molar-refractivity contribution in [2.24, 2.45) is 0 Å². The third-order valence-corrected chi connectivity index (χ3v) is 3.06. The van der Waals surface area contributed by atoms with Gasteiger partial charge in [0, 0.05) is 25.5 Å². The fourth-order valence-electron chi connectivity index (χ4n) is 1.77. The number of amides is 3. The van der Waals surface area contributed by atoms with E-state index in [9.17, 15) is 14.0 Å². The summed E-state index contributed by atoms with van der Waals surface area (Å²) in [6.07, 6.45) is 0. The molecule has 7 heteroatoms. The SMILES string of the molecule is CN(C)C(=O)COc1ccc(NC(=O)Nc2cccc(F)c2)cc1. The number of carbonyl (C=O) groups excluding carboxylic acids is 2. The highest BCUT2D eigenvalue weighted by atomic mass is 19.1. The second-order valence-electron chi connectivity index (χ2n) is 5.19. The molecule has 0 saturated carbocycles. The molecular formula is C17H18FN3O3. The minimum Gasteiger partial charge on any atom is -0.484 e. The predicted molar refractivity (Wildman–Crippen MR) is 89.7 cm³/mol. The number of halogens is 1. The highest BCUT2D eigenvalue weighted by molar-refractivity contribution is 5.99. The molecule has 0 bridgehead atoms. The van der Waals surface area contributed by atoms with E-state index in [1.807, 2.05) is 0 Å². The average molecular weight is 331 g/mol. The fraction of sp³-hybridized carbons (Fsp3) is 0.176. The van der Waals surface area contributed by atoms with Crippen LogP contribution in [0.1, 0.15) is 0 Å².